The highest BCUT2D eigenvalue weighted by molar-refractivity contribution is 6.17. The Morgan fingerprint density at radius 3 is 2.81 bits per heavy atom. The second-order valence-electron chi connectivity index (χ2n) is 3.85. The molecule has 0 heterocycles. The van der Waals surface area contributed by atoms with Crippen LogP contribution in [0.15, 0.2) is 18.2 Å². The summed E-state index contributed by atoms with van der Waals surface area (Å²) in [5, 5.41) is 12.3. The van der Waals surface area contributed by atoms with Gasteiger partial charge in [0.15, 0.2) is 0 Å². The number of phenolic OH excluding ortho intramolecular Hbond substituents is 1. The fourth-order valence-corrected chi connectivity index (χ4v) is 1.62. The van der Waals surface area contributed by atoms with E-state index in [0.717, 1.165) is 12.0 Å². The smallest absolute Gasteiger partial charge is 0.251 e. The highest BCUT2D eigenvalue weighted by Crippen LogP contribution is 2.17. The Labute approximate surface area is 100 Å². The van der Waals surface area contributed by atoms with E-state index in [4.69, 9.17) is 11.6 Å². The molecule has 0 aromatic heterocycles. The van der Waals surface area contributed by atoms with E-state index in [0.29, 0.717) is 11.4 Å². The Morgan fingerprint density at radius 1 is 1.56 bits per heavy atom. The van der Waals surface area contributed by atoms with Crippen LogP contribution in [0.4, 0.5) is 0 Å². The first kappa shape index (κ1) is 12.8. The fourth-order valence-electron chi connectivity index (χ4n) is 1.29. The summed E-state index contributed by atoms with van der Waals surface area (Å²) in [7, 11) is 0. The van der Waals surface area contributed by atoms with Crippen LogP contribution in [-0.4, -0.2) is 22.9 Å². The van der Waals surface area contributed by atoms with Gasteiger partial charge >= 0.3 is 0 Å². The number of aryl methyl sites for hydroxylation is 1. The maximum atomic E-state index is 11.7. The van der Waals surface area contributed by atoms with E-state index in [1.165, 1.54) is 6.07 Å². The van der Waals surface area contributed by atoms with Crippen LogP contribution in [0.5, 0.6) is 5.75 Å². The van der Waals surface area contributed by atoms with Crippen molar-refractivity contribution in [2.75, 3.05) is 5.88 Å². The van der Waals surface area contributed by atoms with Crippen LogP contribution in [0, 0.1) is 6.92 Å². The lowest BCUT2D eigenvalue weighted by atomic mass is 10.1. The molecule has 16 heavy (non-hydrogen) atoms. The van der Waals surface area contributed by atoms with Crippen LogP contribution in [-0.2, 0) is 0 Å². The molecule has 1 amide bonds. The molecule has 3 nitrogen and oxygen atoms in total. The molecule has 1 aromatic rings. The van der Waals surface area contributed by atoms with Crippen LogP contribution in [0.3, 0.4) is 0 Å². The van der Waals surface area contributed by atoms with E-state index in [-0.39, 0.29) is 17.7 Å². The summed E-state index contributed by atoms with van der Waals surface area (Å²) in [6, 6.07) is 4.92. The van der Waals surface area contributed by atoms with Crippen molar-refractivity contribution in [3.8, 4) is 5.75 Å². The van der Waals surface area contributed by atoms with Gasteiger partial charge in [-0.2, -0.15) is 0 Å². The molecule has 1 unspecified atom stereocenters. The van der Waals surface area contributed by atoms with E-state index in [2.05, 4.69) is 5.32 Å². The van der Waals surface area contributed by atoms with Gasteiger partial charge in [0.2, 0.25) is 0 Å². The van der Waals surface area contributed by atoms with Crippen molar-refractivity contribution in [3.63, 3.8) is 0 Å². The third-order valence-electron chi connectivity index (χ3n) is 2.39. The maximum Gasteiger partial charge on any atom is 0.251 e. The number of halogens is 1. The maximum absolute atomic E-state index is 11.7. The second kappa shape index (κ2) is 5.75. The number of alkyl halides is 1. The van der Waals surface area contributed by atoms with E-state index >= 15 is 0 Å². The number of aromatic hydroxyl groups is 1. The average molecular weight is 242 g/mol. The highest BCUT2D eigenvalue weighted by Gasteiger charge is 2.10. The Morgan fingerprint density at radius 2 is 2.25 bits per heavy atom. The van der Waals surface area contributed by atoms with Gasteiger partial charge in [-0.15, -0.1) is 11.6 Å². The summed E-state index contributed by atoms with van der Waals surface area (Å²) in [5.41, 5.74) is 1.22. The number of amides is 1. The largest absolute Gasteiger partial charge is 0.508 e. The minimum atomic E-state index is -0.187. The molecule has 0 aliphatic heterocycles. The van der Waals surface area contributed by atoms with Gasteiger partial charge in [-0.1, -0.05) is 6.07 Å². The van der Waals surface area contributed by atoms with Gasteiger partial charge < -0.3 is 10.4 Å². The van der Waals surface area contributed by atoms with Gasteiger partial charge in [0.05, 0.1) is 0 Å². The number of carbonyl (C=O) groups is 1. The molecule has 0 fully saturated rings. The summed E-state index contributed by atoms with van der Waals surface area (Å²) in [5.74, 6) is 0.464. The lowest BCUT2D eigenvalue weighted by molar-refractivity contribution is 0.0939. The van der Waals surface area contributed by atoms with Crippen LogP contribution in [0.25, 0.3) is 0 Å². The quantitative estimate of drug-likeness (QED) is 0.796. The molecule has 0 aliphatic carbocycles. The highest BCUT2D eigenvalue weighted by atomic mass is 35.5. The summed E-state index contributed by atoms with van der Waals surface area (Å²) < 4.78 is 0. The molecule has 88 valence electrons. The Kier molecular flexibility index (Phi) is 4.62. The summed E-state index contributed by atoms with van der Waals surface area (Å²) in [6.45, 7) is 3.68. The zero-order valence-corrected chi connectivity index (χ0v) is 10.2. The number of hydrogen-bond donors (Lipinski definition) is 2. The predicted molar refractivity (Wildman–Crippen MR) is 65.1 cm³/mol. The molecular weight excluding hydrogens is 226 g/mol. The molecule has 1 rings (SSSR count). The standard InChI is InChI=1S/C12H16ClNO2/c1-8-3-4-10(7-11(8)15)12(16)14-9(2)5-6-13/h3-4,7,9,15H,5-6H2,1-2H3,(H,14,16). The minimum absolute atomic E-state index is 0.0356. The first-order valence-corrected chi connectivity index (χ1v) is 5.74. The molecule has 2 N–H and O–H groups in total. The molecule has 0 radical (unpaired) electrons. The van der Waals surface area contributed by atoms with E-state index in [1.54, 1.807) is 19.1 Å². The number of phenols is 1. The average Bonchev–Trinajstić information content (AvgIpc) is 2.22. The van der Waals surface area contributed by atoms with Crippen molar-refractivity contribution in [1.82, 2.24) is 5.32 Å². The Balaban J connectivity index is 2.69. The summed E-state index contributed by atoms with van der Waals surface area (Å²) in [6.07, 6.45) is 0.727. The van der Waals surface area contributed by atoms with Crippen LogP contribution in [0.1, 0.15) is 29.3 Å². The van der Waals surface area contributed by atoms with Gasteiger partial charge in [-0.3, -0.25) is 4.79 Å². The minimum Gasteiger partial charge on any atom is -0.508 e. The zero-order valence-electron chi connectivity index (χ0n) is 9.46. The number of carbonyl (C=O) groups excluding carboxylic acids is 1. The van der Waals surface area contributed by atoms with E-state index in [1.807, 2.05) is 6.92 Å². The molecule has 0 saturated carbocycles. The van der Waals surface area contributed by atoms with Gasteiger partial charge in [0, 0.05) is 17.5 Å². The number of hydrogen-bond acceptors (Lipinski definition) is 2. The Hall–Kier alpha value is -1.22. The molecule has 4 heteroatoms. The number of benzene rings is 1. The lowest BCUT2D eigenvalue weighted by Gasteiger charge is -2.12. The van der Waals surface area contributed by atoms with Crippen molar-refractivity contribution >= 4 is 17.5 Å². The number of nitrogens with one attached hydrogen (secondary N) is 1. The fraction of sp³-hybridized carbons (Fsp3) is 0.417. The van der Waals surface area contributed by atoms with Gasteiger partial charge in [-0.05, 0) is 38.0 Å². The van der Waals surface area contributed by atoms with Crippen LogP contribution >= 0.6 is 11.6 Å². The predicted octanol–water partition coefficient (Wildman–Crippen LogP) is 2.45. The van der Waals surface area contributed by atoms with Crippen LogP contribution < -0.4 is 5.32 Å². The first-order valence-electron chi connectivity index (χ1n) is 5.21. The van der Waals surface area contributed by atoms with Crippen molar-refractivity contribution in [2.24, 2.45) is 0 Å². The SMILES string of the molecule is Cc1ccc(C(=O)NC(C)CCCl)cc1O. The number of rotatable bonds is 4. The molecule has 0 aliphatic rings. The third kappa shape index (κ3) is 3.42. The molecule has 0 bridgehead atoms. The molecular formula is C12H16ClNO2. The van der Waals surface area contributed by atoms with Gasteiger partial charge in [0.25, 0.3) is 5.91 Å². The van der Waals surface area contributed by atoms with Gasteiger partial charge in [-0.25, -0.2) is 0 Å². The third-order valence-corrected chi connectivity index (χ3v) is 2.61. The topological polar surface area (TPSA) is 49.3 Å². The summed E-state index contributed by atoms with van der Waals surface area (Å²) >= 11 is 5.58. The molecule has 1 aromatic carbocycles. The Bertz CT molecular complexity index is 379. The summed E-state index contributed by atoms with van der Waals surface area (Å²) in [4.78, 5) is 11.7. The molecule has 0 spiro atoms. The van der Waals surface area contributed by atoms with E-state index < -0.39 is 0 Å². The van der Waals surface area contributed by atoms with Crippen molar-refractivity contribution < 1.29 is 9.90 Å². The molecule has 0 saturated heterocycles. The van der Waals surface area contributed by atoms with Crippen LogP contribution in [0.2, 0.25) is 0 Å². The molecule has 1 atom stereocenters. The van der Waals surface area contributed by atoms with Gasteiger partial charge in [0.1, 0.15) is 5.75 Å². The van der Waals surface area contributed by atoms with E-state index in [9.17, 15) is 9.90 Å². The zero-order chi connectivity index (χ0) is 12.1. The second-order valence-corrected chi connectivity index (χ2v) is 4.23. The lowest BCUT2D eigenvalue weighted by Crippen LogP contribution is -2.32. The van der Waals surface area contributed by atoms with Crippen molar-refractivity contribution in [1.29, 1.82) is 0 Å². The first-order chi connectivity index (χ1) is 7.54. The normalized spacial score (nSPS) is 12.2. The monoisotopic (exact) mass is 241 g/mol. The van der Waals surface area contributed by atoms with Crippen molar-refractivity contribution in [2.45, 2.75) is 26.3 Å². The van der Waals surface area contributed by atoms with Crippen molar-refractivity contribution in [3.05, 3.63) is 29.3 Å².